The second-order valence-electron chi connectivity index (χ2n) is 3.82. The summed E-state index contributed by atoms with van der Waals surface area (Å²) in [5, 5.41) is 3.25. The predicted molar refractivity (Wildman–Crippen MR) is 53.1 cm³/mol. The smallest absolute Gasteiger partial charge is 0.332 e. The van der Waals surface area contributed by atoms with Gasteiger partial charge < -0.3 is 14.8 Å². The van der Waals surface area contributed by atoms with E-state index in [1.807, 2.05) is 6.92 Å². The molecule has 0 aromatic carbocycles. The van der Waals surface area contributed by atoms with Crippen molar-refractivity contribution >= 4 is 5.97 Å². The van der Waals surface area contributed by atoms with Crippen molar-refractivity contribution in [2.24, 2.45) is 0 Å². The zero-order valence-electron chi connectivity index (χ0n) is 8.97. The molecule has 1 fully saturated rings. The van der Waals surface area contributed by atoms with Gasteiger partial charge in [-0.15, -0.1) is 0 Å². The molecule has 1 aliphatic rings. The van der Waals surface area contributed by atoms with Crippen LogP contribution in [0.25, 0.3) is 0 Å². The van der Waals surface area contributed by atoms with Crippen molar-refractivity contribution in [3.63, 3.8) is 0 Å². The van der Waals surface area contributed by atoms with Crippen LogP contribution in [0.15, 0.2) is 0 Å². The third-order valence-corrected chi connectivity index (χ3v) is 2.40. The number of carbonyl (C=O) groups excluding carboxylic acids is 1. The van der Waals surface area contributed by atoms with Gasteiger partial charge in [0.05, 0.1) is 12.2 Å². The fraction of sp³-hybridized carbons (Fsp3) is 0.900. The minimum absolute atomic E-state index is 0.0615. The summed E-state index contributed by atoms with van der Waals surface area (Å²) in [5.41, 5.74) is -0.203. The first-order chi connectivity index (χ1) is 6.66. The third-order valence-electron chi connectivity index (χ3n) is 2.40. The Hall–Kier alpha value is -0.610. The summed E-state index contributed by atoms with van der Waals surface area (Å²) in [6.07, 6.45) is 2.10. The van der Waals surface area contributed by atoms with E-state index in [4.69, 9.17) is 9.47 Å². The van der Waals surface area contributed by atoms with Crippen LogP contribution < -0.4 is 5.32 Å². The van der Waals surface area contributed by atoms with E-state index in [9.17, 15) is 4.79 Å². The number of ether oxygens (including phenoxy) is 2. The van der Waals surface area contributed by atoms with Crippen molar-refractivity contribution in [3.8, 4) is 0 Å². The molecule has 1 unspecified atom stereocenters. The number of carbonyl (C=O) groups is 1. The van der Waals surface area contributed by atoms with Crippen LogP contribution in [0.3, 0.4) is 0 Å². The van der Waals surface area contributed by atoms with Crippen molar-refractivity contribution in [3.05, 3.63) is 0 Å². The number of hydrogen-bond acceptors (Lipinski definition) is 4. The Bertz CT molecular complexity index is 188. The zero-order valence-corrected chi connectivity index (χ0v) is 8.97. The lowest BCUT2D eigenvalue weighted by Gasteiger charge is -2.33. The summed E-state index contributed by atoms with van der Waals surface area (Å²) in [6, 6.07) is 0. The number of esters is 1. The van der Waals surface area contributed by atoms with Crippen molar-refractivity contribution in [1.29, 1.82) is 0 Å². The first kappa shape index (κ1) is 11.5. The van der Waals surface area contributed by atoms with Crippen LogP contribution in [0.1, 0.15) is 26.7 Å². The highest BCUT2D eigenvalue weighted by molar-refractivity contribution is 5.70. The van der Waals surface area contributed by atoms with E-state index in [0.29, 0.717) is 6.61 Å². The molecule has 14 heavy (non-hydrogen) atoms. The van der Waals surface area contributed by atoms with Gasteiger partial charge in [-0.2, -0.15) is 0 Å². The quantitative estimate of drug-likeness (QED) is 0.680. The molecule has 0 bridgehead atoms. The summed E-state index contributed by atoms with van der Waals surface area (Å²) in [6.45, 7) is 6.15. The molecule has 4 heteroatoms. The molecule has 1 aliphatic heterocycles. The maximum atomic E-state index is 11.1. The van der Waals surface area contributed by atoms with Gasteiger partial charge in [0.1, 0.15) is 6.61 Å². The van der Waals surface area contributed by atoms with E-state index < -0.39 is 0 Å². The Morgan fingerprint density at radius 1 is 1.57 bits per heavy atom. The molecule has 1 N–H and O–H groups in total. The van der Waals surface area contributed by atoms with Gasteiger partial charge in [-0.25, -0.2) is 4.79 Å². The van der Waals surface area contributed by atoms with E-state index in [2.05, 4.69) is 5.32 Å². The molecule has 0 amide bonds. The molecular weight excluding hydrogens is 182 g/mol. The van der Waals surface area contributed by atoms with Crippen LogP contribution in [0.4, 0.5) is 0 Å². The Balaban J connectivity index is 2.24. The van der Waals surface area contributed by atoms with Gasteiger partial charge in [-0.1, -0.05) is 0 Å². The molecule has 4 nitrogen and oxygen atoms in total. The van der Waals surface area contributed by atoms with Crippen LogP contribution in [0, 0.1) is 0 Å². The second-order valence-corrected chi connectivity index (χ2v) is 3.82. The maximum absolute atomic E-state index is 11.1. The fourth-order valence-corrected chi connectivity index (χ4v) is 1.59. The number of hydrogen-bond donors (Lipinski definition) is 1. The average Bonchev–Trinajstić information content (AvgIpc) is 2.17. The monoisotopic (exact) mass is 201 g/mol. The number of rotatable bonds is 4. The van der Waals surface area contributed by atoms with Crippen LogP contribution in [0.2, 0.25) is 0 Å². The Labute approximate surface area is 85.0 Å². The minimum Gasteiger partial charge on any atom is -0.464 e. The molecule has 1 atom stereocenters. The highest BCUT2D eigenvalue weighted by Gasteiger charge is 2.28. The van der Waals surface area contributed by atoms with Gasteiger partial charge in [0.15, 0.2) is 0 Å². The van der Waals surface area contributed by atoms with Crippen LogP contribution in [0.5, 0.6) is 0 Å². The maximum Gasteiger partial charge on any atom is 0.332 e. The zero-order chi connectivity index (χ0) is 10.4. The summed E-state index contributed by atoms with van der Waals surface area (Å²) in [5.74, 6) is -0.278. The first-order valence-electron chi connectivity index (χ1n) is 5.16. The Morgan fingerprint density at radius 2 is 2.36 bits per heavy atom. The Morgan fingerprint density at radius 3 is 2.93 bits per heavy atom. The predicted octanol–water partition coefficient (Wildman–Crippen LogP) is 0.708. The molecule has 0 aromatic heterocycles. The molecule has 1 rings (SSSR count). The number of nitrogens with one attached hydrogen (secondary N) is 1. The van der Waals surface area contributed by atoms with E-state index >= 15 is 0 Å². The molecular formula is C10H19NO3. The lowest BCUT2D eigenvalue weighted by molar-refractivity contribution is -0.155. The standard InChI is InChI=1S/C10H19NO3/c1-3-13-9(12)7-14-10(2)5-4-6-11-8-10/h11H,3-8H2,1-2H3. The molecule has 0 aliphatic carbocycles. The highest BCUT2D eigenvalue weighted by atomic mass is 16.6. The molecule has 0 radical (unpaired) electrons. The van der Waals surface area contributed by atoms with Crippen molar-refractivity contribution in [2.75, 3.05) is 26.3 Å². The van der Waals surface area contributed by atoms with Gasteiger partial charge in [0, 0.05) is 6.54 Å². The SMILES string of the molecule is CCOC(=O)COC1(C)CCCNC1. The molecule has 82 valence electrons. The van der Waals surface area contributed by atoms with Crippen LogP contribution >= 0.6 is 0 Å². The molecule has 1 heterocycles. The highest BCUT2D eigenvalue weighted by Crippen LogP contribution is 2.19. The summed E-state index contributed by atoms with van der Waals surface area (Å²) < 4.78 is 10.3. The summed E-state index contributed by atoms with van der Waals surface area (Å²) in [4.78, 5) is 11.1. The Kier molecular flexibility index (Phi) is 4.35. The van der Waals surface area contributed by atoms with Crippen molar-refractivity contribution in [2.45, 2.75) is 32.3 Å². The van der Waals surface area contributed by atoms with Gasteiger partial charge in [-0.3, -0.25) is 0 Å². The molecule has 0 saturated carbocycles. The molecule has 0 aromatic rings. The molecule has 0 spiro atoms. The van der Waals surface area contributed by atoms with E-state index in [0.717, 1.165) is 25.9 Å². The van der Waals surface area contributed by atoms with Gasteiger partial charge in [0.25, 0.3) is 0 Å². The lowest BCUT2D eigenvalue weighted by Crippen LogP contribution is -2.46. The topological polar surface area (TPSA) is 47.6 Å². The normalized spacial score (nSPS) is 27.3. The van der Waals surface area contributed by atoms with Crippen molar-refractivity contribution < 1.29 is 14.3 Å². The first-order valence-corrected chi connectivity index (χ1v) is 5.16. The van der Waals surface area contributed by atoms with Gasteiger partial charge in [-0.05, 0) is 33.2 Å². The fourth-order valence-electron chi connectivity index (χ4n) is 1.59. The van der Waals surface area contributed by atoms with Gasteiger partial charge >= 0.3 is 5.97 Å². The summed E-state index contributed by atoms with van der Waals surface area (Å²) >= 11 is 0. The summed E-state index contributed by atoms with van der Waals surface area (Å²) in [7, 11) is 0. The minimum atomic E-state index is -0.278. The third kappa shape index (κ3) is 3.64. The second kappa shape index (κ2) is 5.32. The van der Waals surface area contributed by atoms with Gasteiger partial charge in [0.2, 0.25) is 0 Å². The largest absolute Gasteiger partial charge is 0.464 e. The van der Waals surface area contributed by atoms with E-state index in [1.165, 1.54) is 0 Å². The molecule has 1 saturated heterocycles. The van der Waals surface area contributed by atoms with E-state index in [-0.39, 0.29) is 18.2 Å². The van der Waals surface area contributed by atoms with Crippen LogP contribution in [-0.2, 0) is 14.3 Å². The average molecular weight is 201 g/mol. The van der Waals surface area contributed by atoms with E-state index in [1.54, 1.807) is 6.92 Å². The van der Waals surface area contributed by atoms with Crippen molar-refractivity contribution in [1.82, 2.24) is 5.32 Å². The lowest BCUT2D eigenvalue weighted by atomic mass is 9.96. The number of piperidine rings is 1. The van der Waals surface area contributed by atoms with Crippen LogP contribution in [-0.4, -0.2) is 37.9 Å².